The van der Waals surface area contributed by atoms with Crippen molar-refractivity contribution in [2.75, 3.05) is 7.05 Å². The number of thiophene rings is 1. The summed E-state index contributed by atoms with van der Waals surface area (Å²) in [6, 6.07) is 25.2. The monoisotopic (exact) mass is 389 g/mol. The molecule has 142 valence electrons. The summed E-state index contributed by atoms with van der Waals surface area (Å²) in [7, 11) is 2.08. The number of aromatic nitrogens is 2. The summed E-state index contributed by atoms with van der Waals surface area (Å²) in [5.74, 6) is 1.29. The SMILES string of the molecule is C[C@H](c1cccs1)N(C)Cc1nc(C(c2ccccc2)c2ccccc2)no1. The maximum Gasteiger partial charge on any atom is 0.240 e. The molecule has 0 spiro atoms. The molecule has 4 aromatic rings. The fraction of sp³-hybridized carbons (Fsp3) is 0.217. The molecule has 5 heteroatoms. The molecule has 2 aromatic heterocycles. The lowest BCUT2D eigenvalue weighted by Crippen LogP contribution is -2.21. The number of hydrogen-bond acceptors (Lipinski definition) is 5. The first kappa shape index (κ1) is 18.6. The average Bonchev–Trinajstić information content (AvgIpc) is 3.42. The molecule has 1 atom stereocenters. The van der Waals surface area contributed by atoms with Crippen molar-refractivity contribution in [2.24, 2.45) is 0 Å². The van der Waals surface area contributed by atoms with Crippen LogP contribution in [0.4, 0.5) is 0 Å². The van der Waals surface area contributed by atoms with Crippen LogP contribution in [0.2, 0.25) is 0 Å². The van der Waals surface area contributed by atoms with E-state index in [1.807, 2.05) is 36.4 Å². The maximum absolute atomic E-state index is 5.63. The van der Waals surface area contributed by atoms with Gasteiger partial charge in [0.1, 0.15) is 0 Å². The summed E-state index contributed by atoms with van der Waals surface area (Å²) in [5, 5.41) is 6.44. The molecule has 0 aliphatic rings. The van der Waals surface area contributed by atoms with Gasteiger partial charge in [-0.3, -0.25) is 4.90 Å². The van der Waals surface area contributed by atoms with Gasteiger partial charge in [-0.25, -0.2) is 0 Å². The Balaban J connectivity index is 1.58. The van der Waals surface area contributed by atoms with Crippen LogP contribution in [0.1, 0.15) is 46.6 Å². The number of benzene rings is 2. The lowest BCUT2D eigenvalue weighted by Gasteiger charge is -2.21. The predicted octanol–water partition coefficient (Wildman–Crippen LogP) is 5.50. The van der Waals surface area contributed by atoms with Gasteiger partial charge in [0.05, 0.1) is 12.5 Å². The summed E-state index contributed by atoms with van der Waals surface area (Å²) in [4.78, 5) is 8.30. The molecule has 0 bridgehead atoms. The zero-order valence-electron chi connectivity index (χ0n) is 16.0. The highest BCUT2D eigenvalue weighted by Crippen LogP contribution is 2.30. The zero-order chi connectivity index (χ0) is 19.3. The molecular formula is C23H23N3OS. The highest BCUT2D eigenvalue weighted by atomic mass is 32.1. The molecule has 0 radical (unpaired) electrons. The molecule has 0 aliphatic carbocycles. The topological polar surface area (TPSA) is 42.2 Å². The third kappa shape index (κ3) is 4.06. The summed E-state index contributed by atoms with van der Waals surface area (Å²) in [6.07, 6.45) is 0. The van der Waals surface area contributed by atoms with Crippen molar-refractivity contribution in [3.8, 4) is 0 Å². The van der Waals surface area contributed by atoms with Crippen LogP contribution in [0.5, 0.6) is 0 Å². The summed E-state index contributed by atoms with van der Waals surface area (Å²) < 4.78 is 5.63. The van der Waals surface area contributed by atoms with Crippen molar-refractivity contribution < 1.29 is 4.52 Å². The standard InChI is InChI=1S/C23H23N3OS/c1-17(20-14-9-15-28-20)26(2)16-21-24-23(25-27-21)22(18-10-5-3-6-11-18)19-12-7-4-8-13-19/h3-15,17,22H,16H2,1-2H3/t17-/m1/s1. The van der Waals surface area contributed by atoms with E-state index in [4.69, 9.17) is 9.51 Å². The molecule has 0 saturated heterocycles. The van der Waals surface area contributed by atoms with Crippen LogP contribution in [0.15, 0.2) is 82.7 Å². The third-order valence-electron chi connectivity index (χ3n) is 5.01. The van der Waals surface area contributed by atoms with Gasteiger partial charge < -0.3 is 4.52 Å². The minimum absolute atomic E-state index is 0.0417. The first-order valence-electron chi connectivity index (χ1n) is 9.38. The van der Waals surface area contributed by atoms with Gasteiger partial charge >= 0.3 is 0 Å². The first-order valence-corrected chi connectivity index (χ1v) is 10.3. The van der Waals surface area contributed by atoms with E-state index in [0.717, 1.165) is 11.1 Å². The van der Waals surface area contributed by atoms with Gasteiger partial charge in [-0.1, -0.05) is 71.9 Å². The van der Waals surface area contributed by atoms with Crippen molar-refractivity contribution in [3.05, 3.63) is 106 Å². The Morgan fingerprint density at radius 1 is 0.929 bits per heavy atom. The molecule has 28 heavy (non-hydrogen) atoms. The first-order chi connectivity index (χ1) is 13.7. The lowest BCUT2D eigenvalue weighted by atomic mass is 9.91. The molecular weight excluding hydrogens is 366 g/mol. The Labute approximate surface area is 169 Å². The Kier molecular flexibility index (Phi) is 5.65. The minimum atomic E-state index is -0.0417. The van der Waals surface area contributed by atoms with E-state index >= 15 is 0 Å². The van der Waals surface area contributed by atoms with E-state index in [-0.39, 0.29) is 5.92 Å². The highest BCUT2D eigenvalue weighted by molar-refractivity contribution is 7.10. The second-order valence-corrected chi connectivity index (χ2v) is 7.89. The molecule has 2 heterocycles. The van der Waals surface area contributed by atoms with E-state index in [1.165, 1.54) is 4.88 Å². The predicted molar refractivity (Wildman–Crippen MR) is 112 cm³/mol. The molecule has 0 unspecified atom stereocenters. The average molecular weight is 390 g/mol. The van der Waals surface area contributed by atoms with Gasteiger partial charge in [0, 0.05) is 10.9 Å². The van der Waals surface area contributed by atoms with Crippen LogP contribution in [0.3, 0.4) is 0 Å². The number of rotatable bonds is 7. The molecule has 0 N–H and O–H groups in total. The van der Waals surface area contributed by atoms with E-state index in [9.17, 15) is 0 Å². The van der Waals surface area contributed by atoms with Gasteiger partial charge in [-0.05, 0) is 36.5 Å². The molecule has 0 fully saturated rings. The van der Waals surface area contributed by atoms with Crippen molar-refractivity contribution in [1.29, 1.82) is 0 Å². The fourth-order valence-electron chi connectivity index (χ4n) is 3.33. The summed E-state index contributed by atoms with van der Waals surface area (Å²) >= 11 is 1.77. The smallest absolute Gasteiger partial charge is 0.240 e. The Bertz CT molecular complexity index is 944. The second-order valence-electron chi connectivity index (χ2n) is 6.91. The molecule has 4 rings (SSSR count). The Morgan fingerprint density at radius 3 is 2.14 bits per heavy atom. The maximum atomic E-state index is 5.63. The van der Waals surface area contributed by atoms with Crippen LogP contribution < -0.4 is 0 Å². The fourth-order valence-corrected chi connectivity index (χ4v) is 4.18. The molecule has 0 saturated carbocycles. The third-order valence-corrected chi connectivity index (χ3v) is 6.05. The van der Waals surface area contributed by atoms with Gasteiger partial charge in [-0.15, -0.1) is 11.3 Å². The van der Waals surface area contributed by atoms with E-state index in [2.05, 4.69) is 65.8 Å². The van der Waals surface area contributed by atoms with Crippen LogP contribution in [-0.4, -0.2) is 22.1 Å². The second kappa shape index (κ2) is 8.50. The van der Waals surface area contributed by atoms with Crippen molar-refractivity contribution >= 4 is 11.3 Å². The molecule has 0 aliphatic heterocycles. The van der Waals surface area contributed by atoms with Crippen molar-refractivity contribution in [3.63, 3.8) is 0 Å². The van der Waals surface area contributed by atoms with Gasteiger partial charge in [0.15, 0.2) is 5.82 Å². The van der Waals surface area contributed by atoms with Gasteiger partial charge in [0.25, 0.3) is 0 Å². The zero-order valence-corrected chi connectivity index (χ0v) is 16.8. The minimum Gasteiger partial charge on any atom is -0.338 e. The van der Waals surface area contributed by atoms with E-state index < -0.39 is 0 Å². The molecule has 2 aromatic carbocycles. The van der Waals surface area contributed by atoms with Crippen LogP contribution >= 0.6 is 11.3 Å². The summed E-state index contributed by atoms with van der Waals surface area (Å²) in [5.41, 5.74) is 2.31. The van der Waals surface area contributed by atoms with Gasteiger partial charge in [-0.2, -0.15) is 4.98 Å². The number of nitrogens with zero attached hydrogens (tertiary/aromatic N) is 3. The molecule has 4 nitrogen and oxygen atoms in total. The quantitative estimate of drug-likeness (QED) is 0.418. The van der Waals surface area contributed by atoms with E-state index in [1.54, 1.807) is 11.3 Å². The van der Waals surface area contributed by atoms with E-state index in [0.29, 0.717) is 24.3 Å². The van der Waals surface area contributed by atoms with Crippen molar-refractivity contribution in [1.82, 2.24) is 15.0 Å². The van der Waals surface area contributed by atoms with Crippen LogP contribution in [0.25, 0.3) is 0 Å². The summed E-state index contributed by atoms with van der Waals surface area (Å²) in [6.45, 7) is 2.81. The Hall–Kier alpha value is -2.76. The Morgan fingerprint density at radius 2 is 1.57 bits per heavy atom. The normalized spacial score (nSPS) is 12.6. The van der Waals surface area contributed by atoms with Crippen LogP contribution in [-0.2, 0) is 6.54 Å². The lowest BCUT2D eigenvalue weighted by molar-refractivity contribution is 0.218. The largest absolute Gasteiger partial charge is 0.338 e. The molecule has 0 amide bonds. The number of hydrogen-bond donors (Lipinski definition) is 0. The van der Waals surface area contributed by atoms with Crippen LogP contribution in [0, 0.1) is 0 Å². The highest BCUT2D eigenvalue weighted by Gasteiger charge is 2.23. The van der Waals surface area contributed by atoms with Crippen molar-refractivity contribution in [2.45, 2.75) is 25.4 Å². The van der Waals surface area contributed by atoms with Gasteiger partial charge in [0.2, 0.25) is 5.89 Å².